The van der Waals surface area contributed by atoms with E-state index in [2.05, 4.69) is 229 Å². The van der Waals surface area contributed by atoms with Gasteiger partial charge >= 0.3 is 0 Å². The van der Waals surface area contributed by atoms with Crippen molar-refractivity contribution >= 4 is 71.3 Å². The zero-order valence-electron chi connectivity index (χ0n) is 33.9. The van der Waals surface area contributed by atoms with E-state index >= 15 is 0 Å². The summed E-state index contributed by atoms with van der Waals surface area (Å²) in [5.74, 6) is 0. The van der Waals surface area contributed by atoms with E-state index in [1.165, 1.54) is 65.7 Å². The van der Waals surface area contributed by atoms with Crippen molar-refractivity contribution in [2.45, 2.75) is 0 Å². The number of hydrogen-bond donors (Lipinski definition) is 0. The van der Waals surface area contributed by atoms with E-state index in [1.54, 1.807) is 0 Å². The molecule has 0 aliphatic rings. The first-order valence-corrected chi connectivity index (χ1v) is 21.2. The normalized spacial score (nSPS) is 11.5. The summed E-state index contributed by atoms with van der Waals surface area (Å²) in [7, 11) is 0. The quantitative estimate of drug-likeness (QED) is 0.150. The van der Waals surface area contributed by atoms with Crippen LogP contribution in [0, 0.1) is 0 Å². The third-order valence-electron chi connectivity index (χ3n) is 12.5. The molecule has 1 aromatic heterocycles. The number of rotatable bonds is 7. The van der Waals surface area contributed by atoms with Gasteiger partial charge in [0.05, 0.1) is 0 Å². The van der Waals surface area contributed by atoms with Crippen molar-refractivity contribution in [1.82, 2.24) is 0 Å². The second kappa shape index (κ2) is 14.8. The van der Waals surface area contributed by atoms with Crippen molar-refractivity contribution < 1.29 is 4.42 Å². The van der Waals surface area contributed by atoms with Gasteiger partial charge in [0.25, 0.3) is 0 Å². The molecular formula is C60H39NO. The Morgan fingerprint density at radius 1 is 0.258 bits per heavy atom. The fraction of sp³-hybridized carbons (Fsp3) is 0. The molecule has 62 heavy (non-hydrogen) atoms. The van der Waals surface area contributed by atoms with Crippen LogP contribution in [0.4, 0.5) is 17.1 Å². The maximum Gasteiger partial charge on any atom is 0.136 e. The maximum absolute atomic E-state index is 6.24. The van der Waals surface area contributed by atoms with Gasteiger partial charge in [-0.2, -0.15) is 0 Å². The van der Waals surface area contributed by atoms with Gasteiger partial charge in [0.1, 0.15) is 11.2 Å². The summed E-state index contributed by atoms with van der Waals surface area (Å²) in [6.45, 7) is 0. The highest BCUT2D eigenvalue weighted by Gasteiger charge is 2.17. The van der Waals surface area contributed by atoms with Gasteiger partial charge in [0.15, 0.2) is 0 Å². The second-order valence-corrected chi connectivity index (χ2v) is 16.1. The molecule has 0 saturated heterocycles. The Balaban J connectivity index is 0.888. The number of para-hydroxylation sites is 1. The molecule has 0 atom stereocenters. The van der Waals surface area contributed by atoms with Crippen molar-refractivity contribution in [1.29, 1.82) is 0 Å². The van der Waals surface area contributed by atoms with Crippen LogP contribution in [-0.4, -0.2) is 0 Å². The standard InChI is InChI=1S/C60H39NO/c1-3-12-52-43(9-1)11-7-15-54(52)45-27-34-50(35-28-45)61(51-36-29-46(30-37-51)56-16-8-18-59-60(56)57-14-5-6-17-58(57)62-59)49-32-25-41(26-33-49)40-19-21-42(22-20-40)47-31-38-55-48(39-47)24-23-44-10-2-4-13-53(44)55/h1-39H. The average Bonchev–Trinajstić information content (AvgIpc) is 3.74. The number of hydrogen-bond acceptors (Lipinski definition) is 2. The van der Waals surface area contributed by atoms with Crippen LogP contribution >= 0.6 is 0 Å². The molecule has 0 aliphatic carbocycles. The van der Waals surface area contributed by atoms with Crippen LogP contribution in [0.1, 0.15) is 0 Å². The molecule has 0 aliphatic heterocycles. The first kappa shape index (κ1) is 35.7. The Hall–Kier alpha value is -8.20. The summed E-state index contributed by atoms with van der Waals surface area (Å²) in [4.78, 5) is 2.35. The predicted molar refractivity (Wildman–Crippen MR) is 263 cm³/mol. The average molecular weight is 790 g/mol. The third-order valence-corrected chi connectivity index (χ3v) is 12.5. The van der Waals surface area contributed by atoms with Crippen molar-refractivity contribution in [3.05, 3.63) is 237 Å². The number of benzene rings is 11. The van der Waals surface area contributed by atoms with E-state index in [9.17, 15) is 0 Å². The highest BCUT2D eigenvalue weighted by molar-refractivity contribution is 6.12. The number of furan rings is 1. The third kappa shape index (κ3) is 6.20. The minimum absolute atomic E-state index is 0.901. The van der Waals surface area contributed by atoms with Crippen LogP contribution in [0.3, 0.4) is 0 Å². The lowest BCUT2D eigenvalue weighted by atomic mass is 9.96. The van der Waals surface area contributed by atoms with Gasteiger partial charge in [0, 0.05) is 27.8 Å². The van der Waals surface area contributed by atoms with Crippen LogP contribution in [0.15, 0.2) is 241 Å². The lowest BCUT2D eigenvalue weighted by molar-refractivity contribution is 0.669. The molecule has 0 radical (unpaired) electrons. The molecule has 290 valence electrons. The molecule has 0 spiro atoms. The van der Waals surface area contributed by atoms with Gasteiger partial charge in [-0.05, 0) is 131 Å². The van der Waals surface area contributed by atoms with Gasteiger partial charge < -0.3 is 9.32 Å². The zero-order valence-corrected chi connectivity index (χ0v) is 33.9. The molecule has 12 rings (SSSR count). The Labute approximate surface area is 360 Å². The van der Waals surface area contributed by atoms with Crippen molar-refractivity contribution in [3.8, 4) is 44.5 Å². The number of anilines is 3. The van der Waals surface area contributed by atoms with E-state index in [-0.39, 0.29) is 0 Å². The van der Waals surface area contributed by atoms with Crippen molar-refractivity contribution in [2.24, 2.45) is 0 Å². The summed E-state index contributed by atoms with van der Waals surface area (Å²) >= 11 is 0. The van der Waals surface area contributed by atoms with E-state index < -0.39 is 0 Å². The fourth-order valence-electron chi connectivity index (χ4n) is 9.37. The number of fused-ring (bicyclic) bond motifs is 7. The molecule has 0 fully saturated rings. The highest BCUT2D eigenvalue weighted by Crippen LogP contribution is 2.41. The van der Waals surface area contributed by atoms with Crippen LogP contribution in [0.2, 0.25) is 0 Å². The molecule has 2 nitrogen and oxygen atoms in total. The van der Waals surface area contributed by atoms with E-state index in [1.807, 2.05) is 12.1 Å². The van der Waals surface area contributed by atoms with Crippen molar-refractivity contribution in [2.75, 3.05) is 4.90 Å². The molecule has 0 N–H and O–H groups in total. The van der Waals surface area contributed by atoms with Gasteiger partial charge in [-0.3, -0.25) is 0 Å². The van der Waals surface area contributed by atoms with Gasteiger partial charge in [-0.15, -0.1) is 0 Å². The lowest BCUT2D eigenvalue weighted by Crippen LogP contribution is -2.09. The molecule has 1 heterocycles. The van der Waals surface area contributed by atoms with Gasteiger partial charge in [0.2, 0.25) is 0 Å². The summed E-state index contributed by atoms with van der Waals surface area (Å²) in [6, 6.07) is 85.5. The van der Waals surface area contributed by atoms with Crippen LogP contribution < -0.4 is 4.90 Å². The minimum atomic E-state index is 0.901. The zero-order chi connectivity index (χ0) is 41.0. The van der Waals surface area contributed by atoms with E-state index in [0.29, 0.717) is 0 Å². The highest BCUT2D eigenvalue weighted by atomic mass is 16.3. The molecule has 0 bridgehead atoms. The van der Waals surface area contributed by atoms with Gasteiger partial charge in [-0.1, -0.05) is 182 Å². The largest absolute Gasteiger partial charge is 0.456 e. The smallest absolute Gasteiger partial charge is 0.136 e. The molecule has 0 unspecified atom stereocenters. The first-order valence-electron chi connectivity index (χ1n) is 21.2. The SMILES string of the molecule is c1ccc2c(-c3ccc(N(c4ccc(-c5ccc(-c6ccc7c(ccc8ccccc87)c6)cc5)cc4)c4ccc(-c5cccc6oc7ccccc7c56)cc4)cc3)cccc2c1. The fourth-order valence-corrected chi connectivity index (χ4v) is 9.37. The molecular weight excluding hydrogens is 751 g/mol. The maximum atomic E-state index is 6.24. The van der Waals surface area contributed by atoms with Crippen molar-refractivity contribution in [3.63, 3.8) is 0 Å². The summed E-state index contributed by atoms with van der Waals surface area (Å²) < 4.78 is 6.24. The lowest BCUT2D eigenvalue weighted by Gasteiger charge is -2.26. The number of nitrogens with zero attached hydrogens (tertiary/aromatic N) is 1. The minimum Gasteiger partial charge on any atom is -0.456 e. The van der Waals surface area contributed by atoms with E-state index in [4.69, 9.17) is 4.42 Å². The molecule has 2 heteroatoms. The first-order chi connectivity index (χ1) is 30.7. The molecule has 12 aromatic rings. The Kier molecular flexibility index (Phi) is 8.53. The molecule has 0 saturated carbocycles. The topological polar surface area (TPSA) is 16.4 Å². The summed E-state index contributed by atoms with van der Waals surface area (Å²) in [5.41, 5.74) is 14.6. The Morgan fingerprint density at radius 2 is 0.694 bits per heavy atom. The van der Waals surface area contributed by atoms with E-state index in [0.717, 1.165) is 50.1 Å². The van der Waals surface area contributed by atoms with Crippen LogP contribution in [-0.2, 0) is 0 Å². The molecule has 11 aromatic carbocycles. The Morgan fingerprint density at radius 3 is 1.39 bits per heavy atom. The monoisotopic (exact) mass is 789 g/mol. The summed E-state index contributed by atoms with van der Waals surface area (Å²) in [6.07, 6.45) is 0. The predicted octanol–water partition coefficient (Wildman–Crippen LogP) is 17.2. The second-order valence-electron chi connectivity index (χ2n) is 16.1. The Bertz CT molecular complexity index is 3590. The van der Waals surface area contributed by atoms with Gasteiger partial charge in [-0.25, -0.2) is 0 Å². The molecule has 0 amide bonds. The van der Waals surface area contributed by atoms with Crippen LogP contribution in [0.25, 0.3) is 98.8 Å². The summed E-state index contributed by atoms with van der Waals surface area (Å²) in [5, 5.41) is 9.88. The van der Waals surface area contributed by atoms with Crippen LogP contribution in [0.5, 0.6) is 0 Å².